The highest BCUT2D eigenvalue weighted by atomic mass is 32.2. The molecule has 0 aliphatic carbocycles. The van der Waals surface area contributed by atoms with E-state index < -0.39 is 10.0 Å². The van der Waals surface area contributed by atoms with Crippen LogP contribution in [0.15, 0.2) is 36.5 Å². The monoisotopic (exact) mass is 250 g/mol. The van der Waals surface area contributed by atoms with E-state index in [2.05, 4.69) is 9.71 Å². The molecule has 5 heteroatoms. The molecule has 1 N–H and O–H groups in total. The van der Waals surface area contributed by atoms with Gasteiger partial charge in [0.15, 0.2) is 0 Å². The number of nitrogens with zero attached hydrogens (tertiary/aromatic N) is 1. The Hall–Kier alpha value is -1.62. The summed E-state index contributed by atoms with van der Waals surface area (Å²) in [4.78, 5) is 4.18. The van der Waals surface area contributed by atoms with Crippen LogP contribution in [0.25, 0.3) is 10.9 Å². The molecule has 4 nitrogen and oxygen atoms in total. The summed E-state index contributed by atoms with van der Waals surface area (Å²) in [5.74, 6) is 0.137. The van der Waals surface area contributed by atoms with Gasteiger partial charge in [-0.25, -0.2) is 8.42 Å². The van der Waals surface area contributed by atoms with Gasteiger partial charge >= 0.3 is 0 Å². The maximum atomic E-state index is 11.6. The van der Waals surface area contributed by atoms with Gasteiger partial charge in [-0.05, 0) is 30.7 Å². The van der Waals surface area contributed by atoms with Crippen LogP contribution in [0.3, 0.4) is 0 Å². The zero-order valence-corrected chi connectivity index (χ0v) is 10.4. The Morgan fingerprint density at radius 1 is 1.29 bits per heavy atom. The van der Waals surface area contributed by atoms with Crippen LogP contribution in [0, 0.1) is 0 Å². The molecule has 0 unspecified atom stereocenters. The summed E-state index contributed by atoms with van der Waals surface area (Å²) in [5.41, 5.74) is 1.44. The fourth-order valence-electron chi connectivity index (χ4n) is 1.64. The van der Waals surface area contributed by atoms with Crippen LogP contribution in [0.4, 0.5) is 5.69 Å². The summed E-state index contributed by atoms with van der Waals surface area (Å²) in [6.07, 6.45) is 2.31. The standard InChI is InChI=1S/C12H14N2O2S/c1-2-8-17(15,16)14-11-5-6-12-10(9-11)4-3-7-13-12/h3-7,9,14H,2,8H2,1H3. The molecule has 0 atom stereocenters. The summed E-state index contributed by atoms with van der Waals surface area (Å²) in [6, 6.07) is 9.05. The minimum Gasteiger partial charge on any atom is -0.284 e. The molecule has 0 spiro atoms. The highest BCUT2D eigenvalue weighted by Gasteiger charge is 2.08. The largest absolute Gasteiger partial charge is 0.284 e. The van der Waals surface area contributed by atoms with Gasteiger partial charge in [0.1, 0.15) is 0 Å². The molecule has 17 heavy (non-hydrogen) atoms. The Bertz CT molecular complexity index is 623. The van der Waals surface area contributed by atoms with Gasteiger partial charge < -0.3 is 0 Å². The summed E-state index contributed by atoms with van der Waals surface area (Å²) in [5, 5.41) is 0.921. The van der Waals surface area contributed by atoms with Crippen molar-refractivity contribution in [1.82, 2.24) is 4.98 Å². The molecule has 0 amide bonds. The van der Waals surface area contributed by atoms with E-state index in [1.165, 1.54) is 0 Å². The van der Waals surface area contributed by atoms with Gasteiger partial charge in [0, 0.05) is 17.3 Å². The lowest BCUT2D eigenvalue weighted by Gasteiger charge is -2.07. The molecule has 0 aliphatic heterocycles. The number of anilines is 1. The van der Waals surface area contributed by atoms with Crippen LogP contribution in [-0.2, 0) is 10.0 Å². The minimum atomic E-state index is -3.22. The first kappa shape index (κ1) is 11.9. The van der Waals surface area contributed by atoms with Crippen molar-refractivity contribution < 1.29 is 8.42 Å². The third-order valence-corrected chi connectivity index (χ3v) is 3.84. The maximum absolute atomic E-state index is 11.6. The van der Waals surface area contributed by atoms with Crippen molar-refractivity contribution in [2.75, 3.05) is 10.5 Å². The zero-order valence-electron chi connectivity index (χ0n) is 9.55. The summed E-state index contributed by atoms with van der Waals surface area (Å²) in [7, 11) is -3.22. The first-order valence-electron chi connectivity index (χ1n) is 5.46. The second-order valence-electron chi connectivity index (χ2n) is 3.83. The molecule has 1 heterocycles. The number of rotatable bonds is 4. The lowest BCUT2D eigenvalue weighted by atomic mass is 10.2. The second kappa shape index (κ2) is 4.71. The zero-order chi connectivity index (χ0) is 12.3. The minimum absolute atomic E-state index is 0.137. The van der Waals surface area contributed by atoms with Crippen LogP contribution < -0.4 is 4.72 Å². The lowest BCUT2D eigenvalue weighted by Crippen LogP contribution is -2.15. The Balaban J connectivity index is 2.31. The predicted molar refractivity (Wildman–Crippen MR) is 69.4 cm³/mol. The Morgan fingerprint density at radius 2 is 2.12 bits per heavy atom. The number of sulfonamides is 1. The van der Waals surface area contributed by atoms with E-state index in [0.29, 0.717) is 12.1 Å². The van der Waals surface area contributed by atoms with Crippen LogP contribution >= 0.6 is 0 Å². The average molecular weight is 250 g/mol. The fraction of sp³-hybridized carbons (Fsp3) is 0.250. The maximum Gasteiger partial charge on any atom is 0.232 e. The van der Waals surface area contributed by atoms with Gasteiger partial charge in [0.25, 0.3) is 0 Å². The molecule has 0 aliphatic rings. The predicted octanol–water partition coefficient (Wildman–Crippen LogP) is 2.39. The quantitative estimate of drug-likeness (QED) is 0.906. The topological polar surface area (TPSA) is 59.1 Å². The van der Waals surface area contributed by atoms with Gasteiger partial charge in [-0.2, -0.15) is 0 Å². The van der Waals surface area contributed by atoms with Gasteiger partial charge in [0.05, 0.1) is 11.3 Å². The van der Waals surface area contributed by atoms with E-state index in [1.54, 1.807) is 24.4 Å². The molecule has 0 fully saturated rings. The fourth-order valence-corrected chi connectivity index (χ4v) is 2.76. The molecular formula is C12H14N2O2S. The summed E-state index contributed by atoms with van der Waals surface area (Å²) >= 11 is 0. The van der Waals surface area contributed by atoms with Crippen molar-refractivity contribution in [3.63, 3.8) is 0 Å². The van der Waals surface area contributed by atoms with E-state index in [9.17, 15) is 8.42 Å². The van der Waals surface area contributed by atoms with Gasteiger partial charge in [0.2, 0.25) is 10.0 Å². The van der Waals surface area contributed by atoms with Gasteiger partial charge in [-0.3, -0.25) is 9.71 Å². The van der Waals surface area contributed by atoms with Crippen molar-refractivity contribution in [3.05, 3.63) is 36.5 Å². The van der Waals surface area contributed by atoms with E-state index in [4.69, 9.17) is 0 Å². The first-order valence-corrected chi connectivity index (χ1v) is 7.11. The third kappa shape index (κ3) is 2.94. The first-order chi connectivity index (χ1) is 8.11. The number of benzene rings is 1. The van der Waals surface area contributed by atoms with E-state index in [0.717, 1.165) is 10.9 Å². The van der Waals surface area contributed by atoms with Crippen molar-refractivity contribution in [3.8, 4) is 0 Å². The Kier molecular flexibility index (Phi) is 3.28. The van der Waals surface area contributed by atoms with Gasteiger partial charge in [-0.15, -0.1) is 0 Å². The normalized spacial score (nSPS) is 11.6. The summed E-state index contributed by atoms with van der Waals surface area (Å²) in [6.45, 7) is 1.84. The van der Waals surface area contributed by atoms with Crippen molar-refractivity contribution in [1.29, 1.82) is 0 Å². The molecule has 1 aromatic carbocycles. The molecule has 0 saturated heterocycles. The van der Waals surface area contributed by atoms with Crippen LogP contribution in [0.1, 0.15) is 13.3 Å². The van der Waals surface area contributed by atoms with Crippen LogP contribution in [0.5, 0.6) is 0 Å². The molecule has 0 bridgehead atoms. The molecule has 2 rings (SSSR count). The van der Waals surface area contributed by atoms with Crippen LogP contribution in [0.2, 0.25) is 0 Å². The van der Waals surface area contributed by atoms with E-state index >= 15 is 0 Å². The van der Waals surface area contributed by atoms with Gasteiger partial charge in [-0.1, -0.05) is 13.0 Å². The molecule has 90 valence electrons. The number of aromatic nitrogens is 1. The number of nitrogens with one attached hydrogen (secondary N) is 1. The number of hydrogen-bond acceptors (Lipinski definition) is 3. The Labute approximate surface area is 101 Å². The highest BCUT2D eigenvalue weighted by Crippen LogP contribution is 2.18. The van der Waals surface area contributed by atoms with E-state index in [1.807, 2.05) is 19.1 Å². The molecule has 2 aromatic rings. The van der Waals surface area contributed by atoms with E-state index in [-0.39, 0.29) is 5.75 Å². The molecular weight excluding hydrogens is 236 g/mol. The SMILES string of the molecule is CCCS(=O)(=O)Nc1ccc2ncccc2c1. The highest BCUT2D eigenvalue weighted by molar-refractivity contribution is 7.92. The lowest BCUT2D eigenvalue weighted by molar-refractivity contribution is 0.600. The second-order valence-corrected chi connectivity index (χ2v) is 5.67. The Morgan fingerprint density at radius 3 is 2.88 bits per heavy atom. The average Bonchev–Trinajstić information content (AvgIpc) is 2.28. The molecule has 0 saturated carbocycles. The number of hydrogen-bond donors (Lipinski definition) is 1. The van der Waals surface area contributed by atoms with Crippen LogP contribution in [-0.4, -0.2) is 19.2 Å². The van der Waals surface area contributed by atoms with Crippen molar-refractivity contribution in [2.24, 2.45) is 0 Å². The number of pyridine rings is 1. The van der Waals surface area contributed by atoms with Crippen molar-refractivity contribution in [2.45, 2.75) is 13.3 Å². The molecule has 0 radical (unpaired) electrons. The third-order valence-electron chi connectivity index (χ3n) is 2.35. The van der Waals surface area contributed by atoms with Crippen molar-refractivity contribution >= 4 is 26.6 Å². The number of fused-ring (bicyclic) bond motifs is 1. The smallest absolute Gasteiger partial charge is 0.232 e. The molecule has 1 aromatic heterocycles. The summed E-state index contributed by atoms with van der Waals surface area (Å²) < 4.78 is 25.8.